The molecule has 10 rings (SSSR count). The van der Waals surface area contributed by atoms with E-state index in [9.17, 15) is 0 Å². The van der Waals surface area contributed by atoms with E-state index in [-0.39, 0.29) is 39.3 Å². The van der Waals surface area contributed by atoms with Crippen molar-refractivity contribution in [1.82, 2.24) is 9.05 Å². The number of benzene rings is 6. The quantitative estimate of drug-likeness (QED) is 0.157. The summed E-state index contributed by atoms with van der Waals surface area (Å²) in [5, 5.41) is 4.06. The van der Waals surface area contributed by atoms with Crippen LogP contribution in [0.3, 0.4) is 0 Å². The normalized spacial score (nSPS) is 14.2. The van der Waals surface area contributed by atoms with Crippen molar-refractivity contribution in [2.75, 3.05) is 0 Å². The Hall–Kier alpha value is -5.28. The molecule has 0 N–H and O–H groups in total. The minimum absolute atomic E-state index is 0.0205. The zero-order chi connectivity index (χ0) is 47.6. The van der Waals surface area contributed by atoms with Gasteiger partial charge in [-0.3, -0.25) is 0 Å². The molecule has 6 aromatic carbocycles. The van der Waals surface area contributed by atoms with E-state index >= 15 is 0 Å². The van der Waals surface area contributed by atoms with Crippen LogP contribution < -0.4 is 10.9 Å². The molecule has 0 saturated carbocycles. The summed E-state index contributed by atoms with van der Waals surface area (Å²) >= 11 is 0. The van der Waals surface area contributed by atoms with Crippen LogP contribution in [0.25, 0.3) is 71.9 Å². The van der Waals surface area contributed by atoms with Crippen LogP contribution in [0, 0.1) is 5.41 Å². The Labute approximate surface area is 397 Å². The molecule has 8 aromatic rings. The van der Waals surface area contributed by atoms with Crippen LogP contribution in [0.5, 0.6) is 0 Å². The highest BCUT2D eigenvalue weighted by Gasteiger charge is 2.44. The van der Waals surface area contributed by atoms with E-state index in [0.29, 0.717) is 0 Å². The zero-order valence-electron chi connectivity index (χ0n) is 43.5. The van der Waals surface area contributed by atoms with Crippen LogP contribution in [-0.4, -0.2) is 15.9 Å². The highest BCUT2D eigenvalue weighted by Crippen LogP contribution is 2.51. The Kier molecular flexibility index (Phi) is 9.54. The fourth-order valence-electron chi connectivity index (χ4n) is 11.3. The highest BCUT2D eigenvalue weighted by atomic mass is 15.0. The van der Waals surface area contributed by atoms with E-state index in [2.05, 4.69) is 237 Å². The summed E-state index contributed by atoms with van der Waals surface area (Å²) < 4.78 is 5.51. The van der Waals surface area contributed by atoms with E-state index in [1.807, 2.05) is 0 Å². The van der Waals surface area contributed by atoms with E-state index in [1.165, 1.54) is 116 Å². The van der Waals surface area contributed by atoms with Gasteiger partial charge in [-0.25, -0.2) is 0 Å². The zero-order valence-corrected chi connectivity index (χ0v) is 43.5. The van der Waals surface area contributed by atoms with Crippen LogP contribution in [0.4, 0.5) is 0 Å². The minimum Gasteiger partial charge on any atom is -0.375 e. The van der Waals surface area contributed by atoms with Crippen LogP contribution >= 0.6 is 0 Å². The standard InChI is InChI=1S/C63H73BN2/c1-58(2,3)36-37-29-47-45-31-42(61(10,11)12)27-28-51(45)65-52-35-44(63(16,17)18)32-46-48-33-43(62(13,14)15)34-49-53(38-19-23-40(24-20-38)59(4,5)6)55(39-21-25-41(26-22-39)60(7,8)9)66(56(48)49)64(54(46)52)50(30-37)57(47)65/h19-35H,36H2,1-18H3. The number of nitrogens with zero attached hydrogens (tertiary/aromatic N) is 2. The fraction of sp³-hybridized carbons (Fsp3) is 0.397. The van der Waals surface area contributed by atoms with E-state index in [1.54, 1.807) is 0 Å². The lowest BCUT2D eigenvalue weighted by Crippen LogP contribution is -2.56. The van der Waals surface area contributed by atoms with Crippen molar-refractivity contribution in [2.24, 2.45) is 5.41 Å². The average molecular weight is 869 g/mol. The molecule has 0 fully saturated rings. The van der Waals surface area contributed by atoms with Crippen molar-refractivity contribution < 1.29 is 0 Å². The summed E-state index contributed by atoms with van der Waals surface area (Å²) in [5.74, 6) is 0. The van der Waals surface area contributed by atoms with Crippen molar-refractivity contribution in [2.45, 2.75) is 158 Å². The number of hydrogen-bond donors (Lipinski definition) is 0. The predicted molar refractivity (Wildman–Crippen MR) is 290 cm³/mol. The SMILES string of the molecule is CC(C)(C)Cc1cc2c3c(c1)c1cc(C(C)(C)C)ccc1n3-c1cc(C(C)(C)C)cc3c1B2n1c(-c2ccc(C(C)(C)C)cc2)c(-c2ccc(C(C)(C)C)cc2)c2cc(C(C)(C)C)cc-3c21. The van der Waals surface area contributed by atoms with Crippen molar-refractivity contribution >= 4 is 50.5 Å². The summed E-state index contributed by atoms with van der Waals surface area (Å²) in [4.78, 5) is 0. The molecular weight excluding hydrogens is 796 g/mol. The molecule has 0 bridgehead atoms. The highest BCUT2D eigenvalue weighted by molar-refractivity contribution is 6.90. The molecule has 0 radical (unpaired) electrons. The monoisotopic (exact) mass is 869 g/mol. The van der Waals surface area contributed by atoms with Crippen LogP contribution in [0.1, 0.15) is 158 Å². The molecule has 0 unspecified atom stereocenters. The summed E-state index contributed by atoms with van der Waals surface area (Å²) in [6, 6.07) is 42.0. The Morgan fingerprint density at radius 1 is 0.424 bits per heavy atom. The molecule has 66 heavy (non-hydrogen) atoms. The van der Waals surface area contributed by atoms with Gasteiger partial charge in [-0.1, -0.05) is 191 Å². The van der Waals surface area contributed by atoms with Crippen LogP contribution in [-0.2, 0) is 33.5 Å². The van der Waals surface area contributed by atoms with Gasteiger partial charge in [0.2, 0.25) is 0 Å². The lowest BCUT2D eigenvalue weighted by molar-refractivity contribution is 0.411. The van der Waals surface area contributed by atoms with Gasteiger partial charge in [0.05, 0.1) is 11.0 Å². The Balaban J connectivity index is 1.45. The van der Waals surface area contributed by atoms with E-state index in [4.69, 9.17) is 0 Å². The Morgan fingerprint density at radius 3 is 1.47 bits per heavy atom. The third kappa shape index (κ3) is 7.04. The minimum atomic E-state index is -0.0742. The molecule has 2 aliphatic rings. The summed E-state index contributed by atoms with van der Waals surface area (Å²) in [6.07, 6.45) is 0.996. The van der Waals surface area contributed by atoms with Gasteiger partial charge in [0.1, 0.15) is 0 Å². The molecule has 3 heteroatoms. The van der Waals surface area contributed by atoms with Gasteiger partial charge in [-0.15, -0.1) is 0 Å². The van der Waals surface area contributed by atoms with Gasteiger partial charge < -0.3 is 9.05 Å². The molecule has 4 heterocycles. The molecule has 0 atom stereocenters. The summed E-state index contributed by atoms with van der Waals surface area (Å²) in [7, 11) is 0. The molecule has 2 aromatic heterocycles. The van der Waals surface area contributed by atoms with Crippen molar-refractivity contribution in [3.63, 3.8) is 0 Å². The van der Waals surface area contributed by atoms with Crippen molar-refractivity contribution in [3.8, 4) is 39.2 Å². The maximum absolute atomic E-state index is 2.83. The fourth-order valence-corrected chi connectivity index (χ4v) is 11.3. The van der Waals surface area contributed by atoms with Gasteiger partial charge in [-0.05, 0) is 136 Å². The van der Waals surface area contributed by atoms with Crippen LogP contribution in [0.15, 0.2) is 103 Å². The third-order valence-corrected chi connectivity index (χ3v) is 15.0. The smallest absolute Gasteiger partial charge is 0.333 e. The van der Waals surface area contributed by atoms with Crippen molar-refractivity contribution in [3.05, 3.63) is 137 Å². The number of fused-ring (bicyclic) bond motifs is 7. The summed E-state index contributed by atoms with van der Waals surface area (Å²) in [6.45, 7) is 42.4. The first-order valence-corrected chi connectivity index (χ1v) is 24.8. The Bertz CT molecular complexity index is 3280. The number of hydrogen-bond acceptors (Lipinski definition) is 0. The van der Waals surface area contributed by atoms with E-state index in [0.717, 1.165) is 6.42 Å². The molecular formula is C63H73BN2. The van der Waals surface area contributed by atoms with Gasteiger partial charge in [0.15, 0.2) is 0 Å². The molecule has 0 amide bonds. The average Bonchev–Trinajstić information content (AvgIpc) is 3.72. The second-order valence-electron chi connectivity index (χ2n) is 26.7. The second kappa shape index (κ2) is 14.1. The molecule has 0 spiro atoms. The lowest BCUT2D eigenvalue weighted by atomic mass is 9.45. The molecule has 2 nitrogen and oxygen atoms in total. The molecule has 0 saturated heterocycles. The lowest BCUT2D eigenvalue weighted by Gasteiger charge is -2.37. The van der Waals surface area contributed by atoms with Gasteiger partial charge in [-0.2, -0.15) is 0 Å². The molecule has 338 valence electrons. The maximum atomic E-state index is 2.83. The number of aromatic nitrogens is 2. The van der Waals surface area contributed by atoms with E-state index < -0.39 is 0 Å². The largest absolute Gasteiger partial charge is 0.375 e. The van der Waals surface area contributed by atoms with Gasteiger partial charge in [0.25, 0.3) is 0 Å². The molecule has 2 aliphatic heterocycles. The first-order chi connectivity index (χ1) is 30.5. The number of rotatable bonds is 3. The Morgan fingerprint density at radius 2 is 0.924 bits per heavy atom. The third-order valence-electron chi connectivity index (χ3n) is 15.0. The topological polar surface area (TPSA) is 9.86 Å². The second-order valence-corrected chi connectivity index (χ2v) is 26.7. The predicted octanol–water partition coefficient (Wildman–Crippen LogP) is 16.1. The molecule has 0 aliphatic carbocycles. The summed E-state index contributed by atoms with van der Waals surface area (Å²) in [5.41, 5.74) is 24.3. The van der Waals surface area contributed by atoms with Crippen molar-refractivity contribution in [1.29, 1.82) is 0 Å². The van der Waals surface area contributed by atoms with Gasteiger partial charge in [0, 0.05) is 44.2 Å². The maximum Gasteiger partial charge on any atom is 0.333 e. The van der Waals surface area contributed by atoms with Crippen LogP contribution in [0.2, 0.25) is 0 Å². The van der Waals surface area contributed by atoms with Gasteiger partial charge >= 0.3 is 6.85 Å². The first kappa shape index (κ1) is 44.6. The first-order valence-electron chi connectivity index (χ1n) is 24.8.